The molecule has 1 aliphatic carbocycles. The van der Waals surface area contributed by atoms with E-state index >= 15 is 0 Å². The molecule has 3 atom stereocenters. The van der Waals surface area contributed by atoms with Crippen LogP contribution >= 0.6 is 0 Å². The molecule has 4 heteroatoms. The number of hydrogen-bond donors (Lipinski definition) is 0. The average Bonchev–Trinajstić information content (AvgIpc) is 2.97. The van der Waals surface area contributed by atoms with E-state index in [9.17, 15) is 4.79 Å². The normalized spacial score (nSPS) is 34.2. The van der Waals surface area contributed by atoms with Gasteiger partial charge in [0, 0.05) is 17.9 Å². The zero-order chi connectivity index (χ0) is 17.3. The molecule has 4 nitrogen and oxygen atoms in total. The summed E-state index contributed by atoms with van der Waals surface area (Å²) in [7, 11) is 0. The number of fused-ring (bicyclic) bond motifs is 2. The fraction of sp³-hybridized carbons (Fsp3) is 0.476. The standard InChI is InChI=1S/C21H26O3.H2O/c1-13-6-5-7-17-12-18(23-16(17)4)10-14(2)11-20-19(9-8-13)15(3)21(22)24-20;/h6,11-12,18-20H,3-5,7-10H2,1-2H3;1H2/b13-6+,14-11+;/t18-,19-,20+;/m1./s1. The SMILES string of the molecule is C=C1O[C@H]2C=C1CC/C=C(\C)CC[C@@H]1C(=C)C(=O)O[C@H]1/C=C(\C)C2.O. The highest BCUT2D eigenvalue weighted by Gasteiger charge is 2.37. The summed E-state index contributed by atoms with van der Waals surface area (Å²) < 4.78 is 11.4. The first kappa shape index (κ1) is 19.3. The molecule has 2 bridgehead atoms. The molecule has 136 valence electrons. The summed E-state index contributed by atoms with van der Waals surface area (Å²) in [5.41, 5.74) is 4.34. The first-order valence-corrected chi connectivity index (χ1v) is 8.73. The maximum Gasteiger partial charge on any atom is 0.334 e. The molecule has 0 unspecified atom stereocenters. The molecule has 1 saturated heterocycles. The predicted molar refractivity (Wildman–Crippen MR) is 98.8 cm³/mol. The van der Waals surface area contributed by atoms with Gasteiger partial charge in [0.15, 0.2) is 0 Å². The van der Waals surface area contributed by atoms with Crippen molar-refractivity contribution in [1.82, 2.24) is 0 Å². The Morgan fingerprint density at radius 2 is 1.84 bits per heavy atom. The fourth-order valence-electron chi connectivity index (χ4n) is 3.68. The minimum Gasteiger partial charge on any atom is -0.486 e. The van der Waals surface area contributed by atoms with Crippen molar-refractivity contribution in [2.45, 2.75) is 58.2 Å². The molecule has 0 aromatic carbocycles. The van der Waals surface area contributed by atoms with Gasteiger partial charge in [-0.1, -0.05) is 30.4 Å². The van der Waals surface area contributed by atoms with Crippen LogP contribution in [-0.4, -0.2) is 23.7 Å². The zero-order valence-corrected chi connectivity index (χ0v) is 15.1. The third-order valence-electron chi connectivity index (χ3n) is 5.12. The molecular formula is C21H28O4. The van der Waals surface area contributed by atoms with Crippen LogP contribution in [0.25, 0.3) is 0 Å². The Hall–Kier alpha value is -2.07. The van der Waals surface area contributed by atoms with Gasteiger partial charge in [-0.05, 0) is 57.3 Å². The Bertz CT molecular complexity index is 665. The number of hydrogen-bond acceptors (Lipinski definition) is 3. The third-order valence-corrected chi connectivity index (χ3v) is 5.12. The first-order valence-electron chi connectivity index (χ1n) is 8.73. The number of carbonyl (C=O) groups excluding carboxylic acids is 1. The van der Waals surface area contributed by atoms with E-state index in [1.165, 1.54) is 16.7 Å². The van der Waals surface area contributed by atoms with Crippen molar-refractivity contribution < 1.29 is 19.7 Å². The van der Waals surface area contributed by atoms with E-state index < -0.39 is 0 Å². The van der Waals surface area contributed by atoms with Gasteiger partial charge in [-0.3, -0.25) is 0 Å². The molecule has 2 heterocycles. The van der Waals surface area contributed by atoms with Crippen molar-refractivity contribution >= 4 is 5.97 Å². The molecule has 2 N–H and O–H groups in total. The van der Waals surface area contributed by atoms with Crippen LogP contribution in [0.5, 0.6) is 0 Å². The molecule has 25 heavy (non-hydrogen) atoms. The second-order valence-corrected chi connectivity index (χ2v) is 7.12. The van der Waals surface area contributed by atoms with Crippen LogP contribution in [0.2, 0.25) is 0 Å². The highest BCUT2D eigenvalue weighted by molar-refractivity contribution is 5.91. The smallest absolute Gasteiger partial charge is 0.334 e. The Morgan fingerprint density at radius 3 is 2.60 bits per heavy atom. The van der Waals surface area contributed by atoms with Gasteiger partial charge in [0.1, 0.15) is 18.0 Å². The number of carbonyl (C=O) groups is 1. The van der Waals surface area contributed by atoms with Crippen molar-refractivity contribution in [2.75, 3.05) is 0 Å². The summed E-state index contributed by atoms with van der Waals surface area (Å²) in [5, 5.41) is 0. The molecule has 0 amide bonds. The molecule has 0 aromatic rings. The van der Waals surface area contributed by atoms with Crippen LogP contribution in [-0.2, 0) is 14.3 Å². The maximum atomic E-state index is 11.9. The van der Waals surface area contributed by atoms with Gasteiger partial charge in [-0.15, -0.1) is 0 Å². The van der Waals surface area contributed by atoms with E-state index in [1.807, 2.05) is 0 Å². The molecule has 0 radical (unpaired) electrons. The molecular weight excluding hydrogens is 316 g/mol. The van der Waals surface area contributed by atoms with Crippen molar-refractivity contribution in [1.29, 1.82) is 0 Å². The van der Waals surface area contributed by atoms with Crippen LogP contribution in [0.3, 0.4) is 0 Å². The maximum absolute atomic E-state index is 11.9. The van der Waals surface area contributed by atoms with E-state index in [4.69, 9.17) is 9.47 Å². The first-order chi connectivity index (χ1) is 11.4. The summed E-state index contributed by atoms with van der Waals surface area (Å²) in [6.07, 6.45) is 11.0. The highest BCUT2D eigenvalue weighted by Crippen LogP contribution is 2.35. The molecule has 0 aromatic heterocycles. The van der Waals surface area contributed by atoms with Crippen LogP contribution in [0.4, 0.5) is 0 Å². The lowest BCUT2D eigenvalue weighted by atomic mass is 9.89. The van der Waals surface area contributed by atoms with Gasteiger partial charge in [-0.2, -0.15) is 0 Å². The lowest BCUT2D eigenvalue weighted by Crippen LogP contribution is -2.15. The topological polar surface area (TPSA) is 67.0 Å². The quantitative estimate of drug-likeness (QED) is 0.379. The van der Waals surface area contributed by atoms with E-state index in [2.05, 4.69) is 45.2 Å². The van der Waals surface area contributed by atoms with Crippen LogP contribution in [0.1, 0.15) is 46.0 Å². The Morgan fingerprint density at radius 1 is 1.08 bits per heavy atom. The lowest BCUT2D eigenvalue weighted by Gasteiger charge is -2.17. The van der Waals surface area contributed by atoms with Crippen LogP contribution < -0.4 is 0 Å². The Kier molecular flexibility index (Phi) is 6.07. The number of allylic oxidation sites excluding steroid dienone is 3. The third kappa shape index (κ3) is 4.31. The van der Waals surface area contributed by atoms with Crippen molar-refractivity contribution in [3.63, 3.8) is 0 Å². The summed E-state index contributed by atoms with van der Waals surface area (Å²) in [4.78, 5) is 11.9. The monoisotopic (exact) mass is 344 g/mol. The largest absolute Gasteiger partial charge is 0.486 e. The highest BCUT2D eigenvalue weighted by atomic mass is 16.6. The summed E-state index contributed by atoms with van der Waals surface area (Å²) in [6.45, 7) is 12.2. The van der Waals surface area contributed by atoms with Crippen molar-refractivity contribution in [3.05, 3.63) is 59.4 Å². The summed E-state index contributed by atoms with van der Waals surface area (Å²) >= 11 is 0. The van der Waals surface area contributed by atoms with Crippen molar-refractivity contribution in [3.8, 4) is 0 Å². The summed E-state index contributed by atoms with van der Waals surface area (Å²) in [6, 6.07) is 0. The number of ether oxygens (including phenoxy) is 2. The second kappa shape index (κ2) is 7.87. The second-order valence-electron chi connectivity index (χ2n) is 7.12. The van der Waals surface area contributed by atoms with Gasteiger partial charge in [-0.25, -0.2) is 4.79 Å². The Balaban J connectivity index is 0.00000225. The zero-order valence-electron chi connectivity index (χ0n) is 15.1. The molecule has 2 aliphatic heterocycles. The van der Waals surface area contributed by atoms with Crippen LogP contribution in [0.15, 0.2) is 59.4 Å². The summed E-state index contributed by atoms with van der Waals surface area (Å²) in [5.74, 6) is 0.615. The number of rotatable bonds is 0. The van der Waals surface area contributed by atoms with Gasteiger partial charge in [0.05, 0.1) is 0 Å². The molecule has 1 fully saturated rings. The average molecular weight is 344 g/mol. The predicted octanol–water partition coefficient (Wildman–Crippen LogP) is 3.96. The minimum atomic E-state index is -0.257. The Labute approximate surface area is 149 Å². The fourth-order valence-corrected chi connectivity index (χ4v) is 3.68. The molecule has 0 spiro atoms. The van der Waals surface area contributed by atoms with Crippen molar-refractivity contribution in [2.24, 2.45) is 5.92 Å². The van der Waals surface area contributed by atoms with E-state index in [0.717, 1.165) is 37.9 Å². The van der Waals surface area contributed by atoms with E-state index in [1.54, 1.807) is 0 Å². The molecule has 3 rings (SSSR count). The molecule has 0 saturated carbocycles. The van der Waals surface area contributed by atoms with Gasteiger partial charge in [0.25, 0.3) is 0 Å². The van der Waals surface area contributed by atoms with E-state index in [-0.39, 0.29) is 29.6 Å². The van der Waals surface area contributed by atoms with Crippen LogP contribution in [0, 0.1) is 5.92 Å². The minimum absolute atomic E-state index is 0. The van der Waals surface area contributed by atoms with E-state index in [0.29, 0.717) is 5.57 Å². The van der Waals surface area contributed by atoms with Gasteiger partial charge in [0.2, 0.25) is 0 Å². The lowest BCUT2D eigenvalue weighted by molar-refractivity contribution is -0.137. The van der Waals surface area contributed by atoms with Gasteiger partial charge < -0.3 is 14.9 Å². The van der Waals surface area contributed by atoms with Gasteiger partial charge >= 0.3 is 5.97 Å². The number of esters is 1. The molecule has 3 aliphatic rings.